The molecular formula is C21H32N4O6. The van der Waals surface area contributed by atoms with Crippen LogP contribution in [0, 0.1) is 5.92 Å². The molecule has 0 fully saturated rings. The van der Waals surface area contributed by atoms with Gasteiger partial charge in [-0.05, 0) is 24.8 Å². The lowest BCUT2D eigenvalue weighted by Gasteiger charge is -2.23. The molecule has 7 N–H and O–H groups in total. The molecule has 10 heteroatoms. The molecule has 0 saturated carbocycles. The van der Waals surface area contributed by atoms with Gasteiger partial charge in [-0.25, -0.2) is 4.79 Å². The molecule has 0 aliphatic heterocycles. The van der Waals surface area contributed by atoms with Gasteiger partial charge >= 0.3 is 5.97 Å². The fraction of sp³-hybridized carbons (Fsp3) is 0.524. The van der Waals surface area contributed by atoms with E-state index >= 15 is 0 Å². The second-order valence-corrected chi connectivity index (χ2v) is 7.83. The number of carboxylic acid groups (broad SMARTS) is 1. The molecule has 31 heavy (non-hydrogen) atoms. The van der Waals surface area contributed by atoms with E-state index in [2.05, 4.69) is 16.0 Å². The Morgan fingerprint density at radius 1 is 1.00 bits per heavy atom. The number of hydrogen-bond acceptors (Lipinski definition) is 6. The normalized spacial score (nSPS) is 14.8. The number of carbonyl (C=O) groups excluding carboxylic acids is 3. The third-order valence-corrected chi connectivity index (χ3v) is 4.46. The summed E-state index contributed by atoms with van der Waals surface area (Å²) in [6.45, 7) is 4.59. The van der Waals surface area contributed by atoms with Crippen molar-refractivity contribution in [1.29, 1.82) is 0 Å². The van der Waals surface area contributed by atoms with Crippen LogP contribution in [0.15, 0.2) is 30.3 Å². The lowest BCUT2D eigenvalue weighted by atomic mass is 10.0. The number of rotatable bonds is 12. The molecule has 172 valence electrons. The minimum atomic E-state index is -1.31. The van der Waals surface area contributed by atoms with Crippen molar-refractivity contribution in [1.82, 2.24) is 16.0 Å². The van der Waals surface area contributed by atoms with Crippen molar-refractivity contribution in [2.45, 2.75) is 57.8 Å². The molecule has 0 saturated heterocycles. The summed E-state index contributed by atoms with van der Waals surface area (Å²) >= 11 is 0. The molecule has 1 aromatic carbocycles. The highest BCUT2D eigenvalue weighted by Crippen LogP contribution is 2.05. The lowest BCUT2D eigenvalue weighted by molar-refractivity contribution is -0.141. The summed E-state index contributed by atoms with van der Waals surface area (Å²) in [4.78, 5) is 48.1. The Hall–Kier alpha value is -2.98. The Balaban J connectivity index is 2.62. The number of aliphatic hydroxyl groups excluding tert-OH is 1. The number of aliphatic carboxylic acids is 1. The fourth-order valence-electron chi connectivity index (χ4n) is 2.85. The molecule has 0 spiro atoms. The minimum absolute atomic E-state index is 0.0793. The summed E-state index contributed by atoms with van der Waals surface area (Å²) in [6.07, 6.45) is -0.751. The number of carbonyl (C=O) groups is 4. The maximum Gasteiger partial charge on any atom is 0.326 e. The topological polar surface area (TPSA) is 171 Å². The summed E-state index contributed by atoms with van der Waals surface area (Å²) in [5.41, 5.74) is 6.52. The standard InChI is InChI=1S/C21H32N4O6/c1-12(2)9-15(22)19(28)25-18(13(3)26)20(29)23-11-17(27)24-16(21(30)31)10-14-7-5-4-6-8-14/h4-8,12-13,15-16,18,26H,9-11,22H2,1-3H3,(H,23,29)(H,24,27)(H,25,28)(H,30,31). The molecule has 0 aliphatic carbocycles. The van der Waals surface area contributed by atoms with Gasteiger partial charge in [-0.3, -0.25) is 14.4 Å². The van der Waals surface area contributed by atoms with E-state index in [9.17, 15) is 29.4 Å². The molecule has 10 nitrogen and oxygen atoms in total. The van der Waals surface area contributed by atoms with Gasteiger partial charge in [0.1, 0.15) is 12.1 Å². The zero-order valence-corrected chi connectivity index (χ0v) is 18.0. The van der Waals surface area contributed by atoms with E-state index in [1.54, 1.807) is 30.3 Å². The third kappa shape index (κ3) is 9.58. The number of aliphatic hydroxyl groups is 1. The SMILES string of the molecule is CC(C)CC(N)C(=O)NC(C(=O)NCC(=O)NC(Cc1ccccc1)C(=O)O)C(C)O. The first-order valence-corrected chi connectivity index (χ1v) is 10.1. The highest BCUT2D eigenvalue weighted by molar-refractivity contribution is 5.92. The van der Waals surface area contributed by atoms with Crippen molar-refractivity contribution >= 4 is 23.7 Å². The summed E-state index contributed by atoms with van der Waals surface area (Å²) < 4.78 is 0. The zero-order valence-electron chi connectivity index (χ0n) is 18.0. The molecule has 0 heterocycles. The quantitative estimate of drug-likeness (QED) is 0.248. The number of carboxylic acids is 1. The fourth-order valence-corrected chi connectivity index (χ4v) is 2.85. The van der Waals surface area contributed by atoms with Crippen LogP contribution in [0.4, 0.5) is 0 Å². The van der Waals surface area contributed by atoms with Gasteiger partial charge in [-0.15, -0.1) is 0 Å². The van der Waals surface area contributed by atoms with Gasteiger partial charge in [0.05, 0.1) is 18.7 Å². The molecule has 4 atom stereocenters. The van der Waals surface area contributed by atoms with Gasteiger partial charge in [0.15, 0.2) is 0 Å². The van der Waals surface area contributed by atoms with Crippen LogP contribution in [-0.4, -0.2) is 64.7 Å². The van der Waals surface area contributed by atoms with E-state index in [1.807, 2.05) is 13.8 Å². The van der Waals surface area contributed by atoms with Crippen LogP contribution >= 0.6 is 0 Å². The summed E-state index contributed by atoms with van der Waals surface area (Å²) in [5, 5.41) is 26.2. The van der Waals surface area contributed by atoms with E-state index in [-0.39, 0.29) is 12.3 Å². The first kappa shape index (κ1) is 26.1. The highest BCUT2D eigenvalue weighted by Gasteiger charge is 2.28. The van der Waals surface area contributed by atoms with Gasteiger partial charge < -0.3 is 31.9 Å². The Kier molecular flexibility index (Phi) is 10.6. The summed E-state index contributed by atoms with van der Waals surface area (Å²) in [7, 11) is 0. The Morgan fingerprint density at radius 3 is 2.13 bits per heavy atom. The lowest BCUT2D eigenvalue weighted by Crippen LogP contribution is -2.57. The summed E-state index contributed by atoms with van der Waals surface area (Å²) in [6, 6.07) is 5.47. The first-order valence-electron chi connectivity index (χ1n) is 10.1. The average Bonchev–Trinajstić information content (AvgIpc) is 2.69. The van der Waals surface area contributed by atoms with Gasteiger partial charge in [-0.1, -0.05) is 44.2 Å². The Bertz CT molecular complexity index is 753. The van der Waals surface area contributed by atoms with Gasteiger partial charge in [-0.2, -0.15) is 0 Å². The van der Waals surface area contributed by atoms with Crippen molar-refractivity contribution in [3.8, 4) is 0 Å². The van der Waals surface area contributed by atoms with Crippen LogP contribution in [0.3, 0.4) is 0 Å². The smallest absolute Gasteiger partial charge is 0.326 e. The van der Waals surface area contributed by atoms with Crippen LogP contribution in [-0.2, 0) is 25.6 Å². The zero-order chi connectivity index (χ0) is 23.6. The van der Waals surface area contributed by atoms with Crippen LogP contribution < -0.4 is 21.7 Å². The summed E-state index contributed by atoms with van der Waals surface area (Å²) in [5.74, 6) is -3.14. The average molecular weight is 437 g/mol. The number of benzene rings is 1. The number of nitrogens with two attached hydrogens (primary N) is 1. The molecule has 3 amide bonds. The molecule has 1 rings (SSSR count). The highest BCUT2D eigenvalue weighted by atomic mass is 16.4. The third-order valence-electron chi connectivity index (χ3n) is 4.46. The molecule has 4 unspecified atom stereocenters. The van der Waals surface area contributed by atoms with E-state index in [1.165, 1.54) is 6.92 Å². The van der Waals surface area contributed by atoms with Crippen LogP contribution in [0.1, 0.15) is 32.8 Å². The van der Waals surface area contributed by atoms with Gasteiger partial charge in [0.2, 0.25) is 17.7 Å². The van der Waals surface area contributed by atoms with E-state index < -0.39 is 54.5 Å². The Labute approximate surface area is 181 Å². The molecule has 0 bridgehead atoms. The second-order valence-electron chi connectivity index (χ2n) is 7.83. The molecule has 0 aliphatic rings. The van der Waals surface area contributed by atoms with Crippen molar-refractivity contribution in [3.05, 3.63) is 35.9 Å². The Morgan fingerprint density at radius 2 is 1.61 bits per heavy atom. The maximum absolute atomic E-state index is 12.4. The molecule has 0 aromatic heterocycles. The van der Waals surface area contributed by atoms with Crippen LogP contribution in [0.2, 0.25) is 0 Å². The van der Waals surface area contributed by atoms with Crippen LogP contribution in [0.25, 0.3) is 0 Å². The van der Waals surface area contributed by atoms with Crippen LogP contribution in [0.5, 0.6) is 0 Å². The second kappa shape index (κ2) is 12.7. The largest absolute Gasteiger partial charge is 0.480 e. The van der Waals surface area contributed by atoms with Gasteiger partial charge in [0, 0.05) is 6.42 Å². The maximum atomic E-state index is 12.4. The van der Waals surface area contributed by atoms with Crippen molar-refractivity contribution in [2.75, 3.05) is 6.54 Å². The van der Waals surface area contributed by atoms with Gasteiger partial charge in [0.25, 0.3) is 0 Å². The van der Waals surface area contributed by atoms with Crippen molar-refractivity contribution in [2.24, 2.45) is 11.7 Å². The minimum Gasteiger partial charge on any atom is -0.480 e. The first-order chi connectivity index (χ1) is 14.5. The van der Waals surface area contributed by atoms with Crippen molar-refractivity contribution in [3.63, 3.8) is 0 Å². The van der Waals surface area contributed by atoms with Crippen molar-refractivity contribution < 1.29 is 29.4 Å². The monoisotopic (exact) mass is 436 g/mol. The predicted molar refractivity (Wildman–Crippen MR) is 114 cm³/mol. The molecular weight excluding hydrogens is 404 g/mol. The van der Waals surface area contributed by atoms with E-state index in [0.717, 1.165) is 5.56 Å². The van der Waals surface area contributed by atoms with E-state index in [4.69, 9.17) is 5.73 Å². The van der Waals surface area contributed by atoms with E-state index in [0.29, 0.717) is 6.42 Å². The predicted octanol–water partition coefficient (Wildman–Crippen LogP) is -0.846. The number of amides is 3. The number of hydrogen-bond donors (Lipinski definition) is 6. The number of nitrogens with one attached hydrogen (secondary N) is 3. The molecule has 1 aromatic rings. The molecule has 0 radical (unpaired) electrons.